The molecule has 0 atom stereocenters. The van der Waals surface area contributed by atoms with Crippen molar-refractivity contribution < 1.29 is 9.13 Å². The Bertz CT molecular complexity index is 277. The van der Waals surface area contributed by atoms with E-state index in [1.807, 2.05) is 0 Å². The van der Waals surface area contributed by atoms with Gasteiger partial charge < -0.3 is 4.74 Å². The molecule has 0 fully saturated rings. The summed E-state index contributed by atoms with van der Waals surface area (Å²) in [6.45, 7) is 4.12. The Balaban J connectivity index is 2.75. The third kappa shape index (κ3) is 3.29. The first-order valence-corrected chi connectivity index (χ1v) is 5.57. The largest absolute Gasteiger partial charge is 0.490 e. The molecule has 0 heterocycles. The van der Waals surface area contributed by atoms with Gasteiger partial charge in [0.25, 0.3) is 0 Å². The van der Waals surface area contributed by atoms with Crippen LogP contribution in [0.1, 0.15) is 26.7 Å². The summed E-state index contributed by atoms with van der Waals surface area (Å²) in [4.78, 5) is 0. The van der Waals surface area contributed by atoms with Crippen LogP contribution in [0.2, 0.25) is 0 Å². The van der Waals surface area contributed by atoms with E-state index in [1.165, 1.54) is 12.1 Å². The SMILES string of the molecule is CCC(CC)Oc1cc(F)cc(Br)c1. The molecule has 0 aromatic heterocycles. The Labute approximate surface area is 92.4 Å². The highest BCUT2D eigenvalue weighted by atomic mass is 79.9. The van der Waals surface area contributed by atoms with Gasteiger partial charge in [0.05, 0.1) is 6.10 Å². The maximum absolute atomic E-state index is 13.0. The molecule has 0 amide bonds. The molecule has 1 aromatic rings. The van der Waals surface area contributed by atoms with E-state index in [0.717, 1.165) is 12.8 Å². The normalized spacial score (nSPS) is 10.6. The van der Waals surface area contributed by atoms with E-state index < -0.39 is 0 Å². The van der Waals surface area contributed by atoms with Crippen LogP contribution >= 0.6 is 15.9 Å². The first-order valence-electron chi connectivity index (χ1n) is 4.78. The molecule has 1 nitrogen and oxygen atoms in total. The zero-order valence-electron chi connectivity index (χ0n) is 8.39. The molecule has 3 heteroatoms. The van der Waals surface area contributed by atoms with Gasteiger partial charge in [0.2, 0.25) is 0 Å². The van der Waals surface area contributed by atoms with E-state index in [1.54, 1.807) is 6.07 Å². The molecule has 78 valence electrons. The number of hydrogen-bond acceptors (Lipinski definition) is 1. The lowest BCUT2D eigenvalue weighted by Gasteiger charge is -2.15. The van der Waals surface area contributed by atoms with Crippen LogP contribution in [0.25, 0.3) is 0 Å². The van der Waals surface area contributed by atoms with Crippen LogP contribution in [0, 0.1) is 5.82 Å². The van der Waals surface area contributed by atoms with Crippen LogP contribution in [-0.2, 0) is 0 Å². The second-order valence-electron chi connectivity index (χ2n) is 3.16. The lowest BCUT2D eigenvalue weighted by Crippen LogP contribution is -2.13. The van der Waals surface area contributed by atoms with Gasteiger partial charge in [0.15, 0.2) is 0 Å². The molecule has 0 saturated heterocycles. The second-order valence-corrected chi connectivity index (χ2v) is 4.08. The van der Waals surface area contributed by atoms with E-state index in [4.69, 9.17) is 4.74 Å². The zero-order chi connectivity index (χ0) is 10.6. The third-order valence-electron chi connectivity index (χ3n) is 2.05. The average Bonchev–Trinajstić information content (AvgIpc) is 2.12. The summed E-state index contributed by atoms with van der Waals surface area (Å²) in [5.74, 6) is 0.311. The van der Waals surface area contributed by atoms with Crippen molar-refractivity contribution in [2.45, 2.75) is 32.8 Å². The Kier molecular flexibility index (Phi) is 4.39. The number of ether oxygens (including phenoxy) is 1. The fourth-order valence-corrected chi connectivity index (χ4v) is 1.69. The predicted molar refractivity (Wildman–Crippen MR) is 59.1 cm³/mol. The molecule has 0 radical (unpaired) electrons. The van der Waals surface area contributed by atoms with Gasteiger partial charge in [-0.15, -0.1) is 0 Å². The minimum atomic E-state index is -0.277. The van der Waals surface area contributed by atoms with Crippen molar-refractivity contribution in [2.75, 3.05) is 0 Å². The minimum absolute atomic E-state index is 0.170. The van der Waals surface area contributed by atoms with Gasteiger partial charge in [-0.1, -0.05) is 29.8 Å². The predicted octanol–water partition coefficient (Wildman–Crippen LogP) is 4.16. The monoisotopic (exact) mass is 260 g/mol. The molecule has 0 bridgehead atoms. The summed E-state index contributed by atoms with van der Waals surface area (Å²) in [5.41, 5.74) is 0. The summed E-state index contributed by atoms with van der Waals surface area (Å²) in [5, 5.41) is 0. The third-order valence-corrected chi connectivity index (χ3v) is 2.51. The van der Waals surface area contributed by atoms with Gasteiger partial charge in [-0.2, -0.15) is 0 Å². The van der Waals surface area contributed by atoms with Gasteiger partial charge in [-0.3, -0.25) is 0 Å². The quantitative estimate of drug-likeness (QED) is 0.790. The van der Waals surface area contributed by atoms with Gasteiger partial charge in [-0.25, -0.2) is 4.39 Å². The van der Waals surface area contributed by atoms with Crippen LogP contribution in [0.3, 0.4) is 0 Å². The van der Waals surface area contributed by atoms with Crippen molar-refractivity contribution in [1.29, 1.82) is 0 Å². The fraction of sp³-hybridized carbons (Fsp3) is 0.455. The van der Waals surface area contributed by atoms with Crippen LogP contribution in [0.5, 0.6) is 5.75 Å². The molecule has 1 aromatic carbocycles. The standard InChI is InChI=1S/C11H14BrFO/c1-3-10(4-2)14-11-6-8(12)5-9(13)7-11/h5-7,10H,3-4H2,1-2H3. The Hall–Kier alpha value is -0.570. The molecule has 0 aliphatic rings. The highest BCUT2D eigenvalue weighted by Gasteiger charge is 2.06. The van der Waals surface area contributed by atoms with Crippen molar-refractivity contribution in [1.82, 2.24) is 0 Å². The van der Waals surface area contributed by atoms with Gasteiger partial charge in [-0.05, 0) is 25.0 Å². The molecule has 0 spiro atoms. The summed E-state index contributed by atoms with van der Waals surface area (Å²) in [6.07, 6.45) is 2.04. The maximum Gasteiger partial charge on any atom is 0.128 e. The van der Waals surface area contributed by atoms with E-state index in [0.29, 0.717) is 10.2 Å². The first-order chi connectivity index (χ1) is 6.65. The van der Waals surface area contributed by atoms with Crippen molar-refractivity contribution in [3.05, 3.63) is 28.5 Å². The molecule has 0 N–H and O–H groups in total. The van der Waals surface area contributed by atoms with Crippen LogP contribution < -0.4 is 4.74 Å². The lowest BCUT2D eigenvalue weighted by molar-refractivity contribution is 0.192. The summed E-state index contributed by atoms with van der Waals surface area (Å²) in [7, 11) is 0. The molecule has 0 saturated carbocycles. The molecule has 0 aliphatic carbocycles. The Morgan fingerprint density at radius 2 is 1.93 bits per heavy atom. The Morgan fingerprint density at radius 3 is 2.43 bits per heavy atom. The number of halogens is 2. The van der Waals surface area contributed by atoms with Gasteiger partial charge in [0.1, 0.15) is 11.6 Å². The summed E-state index contributed by atoms with van der Waals surface area (Å²) in [6, 6.07) is 4.60. The molecule has 14 heavy (non-hydrogen) atoms. The number of benzene rings is 1. The van der Waals surface area contributed by atoms with Crippen LogP contribution in [0.15, 0.2) is 22.7 Å². The molecule has 0 unspecified atom stereocenters. The lowest BCUT2D eigenvalue weighted by atomic mass is 10.2. The van der Waals surface area contributed by atoms with Crippen molar-refractivity contribution in [3.63, 3.8) is 0 Å². The van der Waals surface area contributed by atoms with E-state index >= 15 is 0 Å². The Morgan fingerprint density at radius 1 is 1.29 bits per heavy atom. The highest BCUT2D eigenvalue weighted by molar-refractivity contribution is 9.10. The van der Waals surface area contributed by atoms with Gasteiger partial charge >= 0.3 is 0 Å². The summed E-state index contributed by atoms with van der Waals surface area (Å²) < 4.78 is 19.3. The molecule has 0 aliphatic heterocycles. The molecule has 1 rings (SSSR count). The van der Waals surface area contributed by atoms with E-state index in [2.05, 4.69) is 29.8 Å². The van der Waals surface area contributed by atoms with Crippen molar-refractivity contribution >= 4 is 15.9 Å². The van der Waals surface area contributed by atoms with Gasteiger partial charge in [0, 0.05) is 10.5 Å². The zero-order valence-corrected chi connectivity index (χ0v) is 9.97. The number of hydrogen-bond donors (Lipinski definition) is 0. The molecular weight excluding hydrogens is 247 g/mol. The first kappa shape index (κ1) is 11.5. The minimum Gasteiger partial charge on any atom is -0.490 e. The fourth-order valence-electron chi connectivity index (χ4n) is 1.24. The second kappa shape index (κ2) is 5.35. The van der Waals surface area contributed by atoms with Crippen molar-refractivity contribution in [2.24, 2.45) is 0 Å². The van der Waals surface area contributed by atoms with Crippen molar-refractivity contribution in [3.8, 4) is 5.75 Å². The number of rotatable bonds is 4. The van der Waals surface area contributed by atoms with E-state index in [9.17, 15) is 4.39 Å². The van der Waals surface area contributed by atoms with Crippen LogP contribution in [-0.4, -0.2) is 6.10 Å². The highest BCUT2D eigenvalue weighted by Crippen LogP contribution is 2.22. The topological polar surface area (TPSA) is 9.23 Å². The summed E-state index contributed by atoms with van der Waals surface area (Å²) >= 11 is 3.23. The smallest absolute Gasteiger partial charge is 0.128 e. The maximum atomic E-state index is 13.0. The van der Waals surface area contributed by atoms with E-state index in [-0.39, 0.29) is 11.9 Å². The molecular formula is C11H14BrFO. The van der Waals surface area contributed by atoms with Crippen LogP contribution in [0.4, 0.5) is 4.39 Å². The average molecular weight is 261 g/mol.